The molecular formula is C14H11N3O3S. The van der Waals surface area contributed by atoms with E-state index in [0.717, 1.165) is 5.56 Å². The fourth-order valence-corrected chi connectivity index (χ4v) is 2.95. The third-order valence-electron chi connectivity index (χ3n) is 2.81. The summed E-state index contributed by atoms with van der Waals surface area (Å²) < 4.78 is 29.5. The van der Waals surface area contributed by atoms with Gasteiger partial charge in [0.1, 0.15) is 5.75 Å². The molecule has 0 radical (unpaired) electrons. The molecule has 0 fully saturated rings. The highest BCUT2D eigenvalue weighted by atomic mass is 32.2. The molecule has 0 amide bonds. The van der Waals surface area contributed by atoms with E-state index < -0.39 is 9.84 Å². The van der Waals surface area contributed by atoms with E-state index in [1.165, 1.54) is 18.6 Å². The molecule has 0 aliphatic rings. The van der Waals surface area contributed by atoms with Crippen molar-refractivity contribution in [3.63, 3.8) is 0 Å². The van der Waals surface area contributed by atoms with Crippen LogP contribution in [0.15, 0.2) is 64.5 Å². The van der Waals surface area contributed by atoms with Crippen LogP contribution in [-0.4, -0.2) is 23.5 Å². The summed E-state index contributed by atoms with van der Waals surface area (Å²) in [5.74, 6) is 0.252. The van der Waals surface area contributed by atoms with Crippen molar-refractivity contribution >= 4 is 9.84 Å². The molecule has 1 aromatic carbocycles. The minimum atomic E-state index is -3.58. The zero-order valence-electron chi connectivity index (χ0n) is 10.9. The Kier molecular flexibility index (Phi) is 3.49. The fourth-order valence-electron chi connectivity index (χ4n) is 1.83. The largest absolute Gasteiger partial charge is 0.356 e. The zero-order valence-corrected chi connectivity index (χ0v) is 11.7. The molecule has 0 atom stereocenters. The lowest BCUT2D eigenvalue weighted by atomic mass is 10.2. The lowest BCUT2D eigenvalue weighted by molar-refractivity contribution is 0.425. The molecule has 3 rings (SSSR count). The molecule has 0 unspecified atom stereocenters. The molecule has 0 saturated heterocycles. The highest BCUT2D eigenvalue weighted by molar-refractivity contribution is 7.90. The van der Waals surface area contributed by atoms with Crippen molar-refractivity contribution in [2.45, 2.75) is 10.8 Å². The van der Waals surface area contributed by atoms with Crippen LogP contribution in [-0.2, 0) is 15.6 Å². The van der Waals surface area contributed by atoms with Crippen LogP contribution in [0.5, 0.6) is 0 Å². The van der Waals surface area contributed by atoms with E-state index in [1.807, 2.05) is 30.3 Å². The molecule has 0 bridgehead atoms. The van der Waals surface area contributed by atoms with E-state index in [9.17, 15) is 8.42 Å². The maximum Gasteiger partial charge on any atom is 0.202 e. The summed E-state index contributed by atoms with van der Waals surface area (Å²) in [6, 6.07) is 11.0. The topological polar surface area (TPSA) is 86.0 Å². The first-order valence-corrected chi connectivity index (χ1v) is 7.80. The summed E-state index contributed by atoms with van der Waals surface area (Å²) in [6.45, 7) is 0. The molecule has 7 heteroatoms. The van der Waals surface area contributed by atoms with Crippen molar-refractivity contribution in [3.05, 3.63) is 60.7 Å². The number of hydrogen-bond donors (Lipinski definition) is 0. The molecule has 2 aromatic heterocycles. The van der Waals surface area contributed by atoms with Crippen molar-refractivity contribution in [1.29, 1.82) is 0 Å². The molecule has 0 saturated carbocycles. The van der Waals surface area contributed by atoms with E-state index in [1.54, 1.807) is 6.07 Å². The summed E-state index contributed by atoms with van der Waals surface area (Å²) in [4.78, 5) is 7.56. The molecule has 2 heterocycles. The molecule has 0 N–H and O–H groups in total. The van der Waals surface area contributed by atoms with Gasteiger partial charge in [0.15, 0.2) is 10.8 Å². The van der Waals surface area contributed by atoms with Gasteiger partial charge in [0.25, 0.3) is 0 Å². The molecule has 6 nitrogen and oxygen atoms in total. The van der Waals surface area contributed by atoms with Gasteiger partial charge in [0, 0.05) is 24.0 Å². The van der Waals surface area contributed by atoms with Gasteiger partial charge < -0.3 is 4.52 Å². The Morgan fingerprint density at radius 1 is 1.10 bits per heavy atom. The van der Waals surface area contributed by atoms with Crippen LogP contribution in [0.4, 0.5) is 0 Å². The zero-order chi connectivity index (χ0) is 14.7. The Hall–Kier alpha value is -2.54. The van der Waals surface area contributed by atoms with Crippen LogP contribution in [0.2, 0.25) is 0 Å². The maximum atomic E-state index is 12.2. The van der Waals surface area contributed by atoms with Crippen LogP contribution in [0.25, 0.3) is 11.3 Å². The minimum Gasteiger partial charge on any atom is -0.356 e. The highest BCUT2D eigenvalue weighted by Gasteiger charge is 2.20. The van der Waals surface area contributed by atoms with Gasteiger partial charge in [-0.3, -0.25) is 4.98 Å². The molecule has 21 heavy (non-hydrogen) atoms. The second-order valence-corrected chi connectivity index (χ2v) is 6.29. The Balaban J connectivity index is 1.85. The predicted molar refractivity (Wildman–Crippen MR) is 74.9 cm³/mol. The normalized spacial score (nSPS) is 11.4. The highest BCUT2D eigenvalue weighted by Crippen LogP contribution is 2.21. The van der Waals surface area contributed by atoms with Crippen molar-refractivity contribution in [1.82, 2.24) is 15.1 Å². The second kappa shape index (κ2) is 5.45. The number of benzene rings is 1. The Labute approximate surface area is 121 Å². The van der Waals surface area contributed by atoms with Gasteiger partial charge >= 0.3 is 0 Å². The number of rotatable bonds is 4. The average Bonchev–Trinajstić information content (AvgIpc) is 2.97. The maximum absolute atomic E-state index is 12.2. The van der Waals surface area contributed by atoms with Crippen molar-refractivity contribution in [2.75, 3.05) is 0 Å². The summed E-state index contributed by atoms with van der Waals surface area (Å²) in [5.41, 5.74) is 1.17. The Morgan fingerprint density at radius 3 is 2.62 bits per heavy atom. The van der Waals surface area contributed by atoms with Gasteiger partial charge in [0.2, 0.25) is 9.84 Å². The number of hydrogen-bond acceptors (Lipinski definition) is 6. The van der Waals surface area contributed by atoms with Gasteiger partial charge in [-0.25, -0.2) is 13.4 Å². The van der Waals surface area contributed by atoms with Crippen LogP contribution < -0.4 is 0 Å². The smallest absolute Gasteiger partial charge is 0.202 e. The number of sulfone groups is 1. The van der Waals surface area contributed by atoms with E-state index in [-0.39, 0.29) is 10.8 Å². The van der Waals surface area contributed by atoms with E-state index in [0.29, 0.717) is 11.5 Å². The summed E-state index contributed by atoms with van der Waals surface area (Å²) in [7, 11) is -3.58. The monoisotopic (exact) mass is 301 g/mol. The lowest BCUT2D eigenvalue weighted by Gasteiger charge is -1.99. The summed E-state index contributed by atoms with van der Waals surface area (Å²) in [6.07, 6.45) is 3.97. The van der Waals surface area contributed by atoms with Gasteiger partial charge in [-0.2, -0.15) is 0 Å². The van der Waals surface area contributed by atoms with Crippen LogP contribution in [0, 0.1) is 0 Å². The third-order valence-corrected chi connectivity index (χ3v) is 4.34. The number of aromatic nitrogens is 3. The van der Waals surface area contributed by atoms with Crippen molar-refractivity contribution < 1.29 is 12.9 Å². The first-order chi connectivity index (χ1) is 10.1. The summed E-state index contributed by atoms with van der Waals surface area (Å²) in [5, 5.41) is 3.73. The lowest BCUT2D eigenvalue weighted by Crippen LogP contribution is -2.07. The van der Waals surface area contributed by atoms with Crippen LogP contribution in [0.1, 0.15) is 5.69 Å². The third kappa shape index (κ3) is 2.97. The average molecular weight is 301 g/mol. The van der Waals surface area contributed by atoms with Gasteiger partial charge in [-0.1, -0.05) is 35.5 Å². The Bertz CT molecular complexity index is 830. The van der Waals surface area contributed by atoms with E-state index in [4.69, 9.17) is 4.52 Å². The van der Waals surface area contributed by atoms with Gasteiger partial charge in [0.05, 0.1) is 11.9 Å². The molecule has 0 aliphatic heterocycles. The second-order valence-electron chi connectivity index (χ2n) is 4.35. The fraction of sp³-hybridized carbons (Fsp3) is 0.0714. The van der Waals surface area contributed by atoms with Gasteiger partial charge in [-0.15, -0.1) is 0 Å². The number of nitrogens with zero attached hydrogens (tertiary/aromatic N) is 3. The molecule has 0 aliphatic carbocycles. The molecular weight excluding hydrogens is 290 g/mol. The molecule has 0 spiro atoms. The van der Waals surface area contributed by atoms with E-state index >= 15 is 0 Å². The first-order valence-electron chi connectivity index (χ1n) is 6.15. The predicted octanol–water partition coefficient (Wildman–Crippen LogP) is 2.11. The first kappa shape index (κ1) is 13.4. The minimum absolute atomic E-state index is 0.0748. The SMILES string of the molecule is O=S(=O)(Cc1cc(-c2ccccc2)on1)c1cnccn1. The van der Waals surface area contributed by atoms with Crippen molar-refractivity contribution in [3.8, 4) is 11.3 Å². The van der Waals surface area contributed by atoms with Crippen LogP contribution in [0.3, 0.4) is 0 Å². The van der Waals surface area contributed by atoms with E-state index in [2.05, 4.69) is 15.1 Å². The summed E-state index contributed by atoms with van der Waals surface area (Å²) >= 11 is 0. The molecule has 3 aromatic rings. The quantitative estimate of drug-likeness (QED) is 0.733. The molecule has 106 valence electrons. The standard InChI is InChI=1S/C14H11N3O3S/c18-21(19,14-9-15-6-7-16-14)10-12-8-13(20-17-12)11-4-2-1-3-5-11/h1-9H,10H2. The van der Waals surface area contributed by atoms with Gasteiger partial charge in [-0.05, 0) is 0 Å². The van der Waals surface area contributed by atoms with Crippen molar-refractivity contribution in [2.24, 2.45) is 0 Å². The van der Waals surface area contributed by atoms with Crippen LogP contribution >= 0.6 is 0 Å². The Morgan fingerprint density at radius 2 is 1.90 bits per heavy atom.